The van der Waals surface area contributed by atoms with Gasteiger partial charge in [0, 0.05) is 35.3 Å². The molecule has 0 unspecified atom stereocenters. The summed E-state index contributed by atoms with van der Waals surface area (Å²) < 4.78 is 1.99. The van der Waals surface area contributed by atoms with E-state index in [2.05, 4.69) is 34.0 Å². The van der Waals surface area contributed by atoms with Crippen molar-refractivity contribution in [2.75, 3.05) is 6.54 Å². The molecule has 2 aromatic carbocycles. The third kappa shape index (κ3) is 4.09. The van der Waals surface area contributed by atoms with Crippen LogP contribution in [-0.2, 0) is 13.0 Å². The number of aryl methyl sites for hydroxylation is 1. The number of carbonyl (C=O) groups excluding carboxylic acids is 1. The summed E-state index contributed by atoms with van der Waals surface area (Å²) in [6.45, 7) is 1.41. The van der Waals surface area contributed by atoms with E-state index in [0.717, 1.165) is 41.4 Å². The Morgan fingerprint density at radius 1 is 1.04 bits per heavy atom. The summed E-state index contributed by atoms with van der Waals surface area (Å²) in [6, 6.07) is 20.2. The summed E-state index contributed by atoms with van der Waals surface area (Å²) in [4.78, 5) is 13.9. The number of para-hydroxylation sites is 1. The largest absolute Gasteiger partial charge is 0.352 e. The molecule has 1 N–H and O–H groups in total. The summed E-state index contributed by atoms with van der Waals surface area (Å²) in [7, 11) is 0. The lowest BCUT2D eigenvalue weighted by Crippen LogP contribution is -2.26. The Labute approximate surface area is 162 Å². The lowest BCUT2D eigenvalue weighted by atomic mass is 10.0. The molecule has 2 heterocycles. The summed E-state index contributed by atoms with van der Waals surface area (Å²) in [5.41, 5.74) is 2.95. The molecule has 5 heteroatoms. The van der Waals surface area contributed by atoms with Crippen LogP contribution in [0.3, 0.4) is 0 Å². The van der Waals surface area contributed by atoms with Crippen LogP contribution in [-0.4, -0.2) is 22.2 Å². The van der Waals surface area contributed by atoms with Crippen molar-refractivity contribution in [2.24, 2.45) is 0 Å². The highest BCUT2D eigenvalue weighted by molar-refractivity contribution is 7.09. The van der Waals surface area contributed by atoms with Crippen LogP contribution in [0.4, 0.5) is 0 Å². The first-order valence-corrected chi connectivity index (χ1v) is 9.98. The Bertz CT molecular complexity index is 1040. The normalized spacial score (nSPS) is 11.0. The molecule has 4 rings (SSSR count). The number of benzene rings is 2. The highest BCUT2D eigenvalue weighted by Crippen LogP contribution is 2.18. The number of fused-ring (bicyclic) bond motifs is 1. The van der Waals surface area contributed by atoms with Gasteiger partial charge in [0.15, 0.2) is 0 Å². The fourth-order valence-corrected chi connectivity index (χ4v) is 3.95. The van der Waals surface area contributed by atoms with E-state index >= 15 is 0 Å². The number of nitrogens with zero attached hydrogens (tertiary/aromatic N) is 2. The van der Waals surface area contributed by atoms with Gasteiger partial charge in [0.05, 0.1) is 11.7 Å². The molecule has 0 fully saturated rings. The molecular weight excluding hydrogens is 354 g/mol. The Balaban J connectivity index is 1.34. The Morgan fingerprint density at radius 3 is 2.78 bits per heavy atom. The van der Waals surface area contributed by atoms with Gasteiger partial charge in [0.25, 0.3) is 5.91 Å². The minimum Gasteiger partial charge on any atom is -0.352 e. The molecule has 1 amide bonds. The zero-order valence-corrected chi connectivity index (χ0v) is 15.8. The van der Waals surface area contributed by atoms with Crippen LogP contribution >= 0.6 is 11.3 Å². The SMILES string of the molecule is O=C(NCCCn1ncc2ccccc21)c1ccccc1Cc1cccs1. The fourth-order valence-electron chi connectivity index (χ4n) is 3.23. The lowest BCUT2D eigenvalue weighted by Gasteiger charge is -2.10. The number of nitrogens with one attached hydrogen (secondary N) is 1. The van der Waals surface area contributed by atoms with E-state index in [9.17, 15) is 4.79 Å². The van der Waals surface area contributed by atoms with Crippen LogP contribution in [0, 0.1) is 0 Å². The van der Waals surface area contributed by atoms with Gasteiger partial charge in [-0.15, -0.1) is 11.3 Å². The number of thiophene rings is 1. The summed E-state index contributed by atoms with van der Waals surface area (Å²) >= 11 is 1.72. The maximum atomic E-state index is 12.6. The van der Waals surface area contributed by atoms with Gasteiger partial charge in [0.2, 0.25) is 0 Å². The quantitative estimate of drug-likeness (QED) is 0.483. The van der Waals surface area contributed by atoms with Crippen molar-refractivity contribution in [3.8, 4) is 0 Å². The highest BCUT2D eigenvalue weighted by Gasteiger charge is 2.11. The van der Waals surface area contributed by atoms with Crippen LogP contribution in [0.25, 0.3) is 10.9 Å². The second-order valence-electron chi connectivity index (χ2n) is 6.45. The van der Waals surface area contributed by atoms with Crippen LogP contribution in [0.1, 0.15) is 27.2 Å². The molecule has 0 saturated heterocycles. The molecule has 0 saturated carbocycles. The van der Waals surface area contributed by atoms with E-state index in [1.165, 1.54) is 4.88 Å². The van der Waals surface area contributed by atoms with Crippen LogP contribution in [0.15, 0.2) is 72.2 Å². The molecular formula is C22H21N3OS. The van der Waals surface area contributed by atoms with Gasteiger partial charge in [-0.25, -0.2) is 0 Å². The molecule has 4 nitrogen and oxygen atoms in total. The summed E-state index contributed by atoms with van der Waals surface area (Å²) in [5.74, 6) is -0.00696. The maximum Gasteiger partial charge on any atom is 0.251 e. The average molecular weight is 375 g/mol. The molecule has 136 valence electrons. The number of amides is 1. The molecule has 0 aliphatic heterocycles. The molecule has 27 heavy (non-hydrogen) atoms. The van der Waals surface area contributed by atoms with Gasteiger partial charge in [0.1, 0.15) is 0 Å². The molecule has 2 aromatic heterocycles. The number of hydrogen-bond acceptors (Lipinski definition) is 3. The molecule has 0 radical (unpaired) electrons. The van der Waals surface area contributed by atoms with E-state index in [1.54, 1.807) is 11.3 Å². The van der Waals surface area contributed by atoms with Gasteiger partial charge in [-0.2, -0.15) is 5.10 Å². The third-order valence-corrected chi connectivity index (χ3v) is 5.47. The number of carbonyl (C=O) groups is 1. The van der Waals surface area contributed by atoms with E-state index in [-0.39, 0.29) is 5.91 Å². The van der Waals surface area contributed by atoms with Gasteiger partial charge in [-0.3, -0.25) is 9.48 Å². The van der Waals surface area contributed by atoms with Gasteiger partial charge in [-0.1, -0.05) is 42.5 Å². The third-order valence-electron chi connectivity index (χ3n) is 4.59. The van der Waals surface area contributed by atoms with E-state index in [4.69, 9.17) is 0 Å². The van der Waals surface area contributed by atoms with E-state index < -0.39 is 0 Å². The van der Waals surface area contributed by atoms with Crippen LogP contribution < -0.4 is 5.32 Å². The predicted octanol–water partition coefficient (Wildman–Crippen LogP) is 4.51. The summed E-state index contributed by atoms with van der Waals surface area (Å²) in [6.07, 6.45) is 3.51. The molecule has 0 aliphatic rings. The van der Waals surface area contributed by atoms with Gasteiger partial charge >= 0.3 is 0 Å². The number of aromatic nitrogens is 2. The Kier molecular flexibility index (Phi) is 5.30. The van der Waals surface area contributed by atoms with Crippen molar-refractivity contribution in [1.29, 1.82) is 0 Å². The average Bonchev–Trinajstić information content (AvgIpc) is 3.35. The van der Waals surface area contributed by atoms with Crippen molar-refractivity contribution < 1.29 is 4.79 Å². The summed E-state index contributed by atoms with van der Waals surface area (Å²) in [5, 5.41) is 10.7. The van der Waals surface area contributed by atoms with Crippen LogP contribution in [0.5, 0.6) is 0 Å². The van der Waals surface area contributed by atoms with Gasteiger partial charge in [-0.05, 0) is 35.6 Å². The first-order chi connectivity index (χ1) is 13.3. The van der Waals surface area contributed by atoms with Crippen molar-refractivity contribution in [2.45, 2.75) is 19.4 Å². The zero-order valence-electron chi connectivity index (χ0n) is 15.0. The highest BCUT2D eigenvalue weighted by atomic mass is 32.1. The minimum absolute atomic E-state index is 0.00696. The predicted molar refractivity (Wildman–Crippen MR) is 110 cm³/mol. The van der Waals surface area contributed by atoms with Crippen molar-refractivity contribution >= 4 is 28.1 Å². The first-order valence-electron chi connectivity index (χ1n) is 9.10. The minimum atomic E-state index is -0.00696. The molecule has 0 bridgehead atoms. The second-order valence-corrected chi connectivity index (χ2v) is 7.48. The second kappa shape index (κ2) is 8.18. The fraction of sp³-hybridized carbons (Fsp3) is 0.182. The Hall–Kier alpha value is -2.92. The lowest BCUT2D eigenvalue weighted by molar-refractivity contribution is 0.0952. The molecule has 0 atom stereocenters. The Morgan fingerprint density at radius 2 is 1.89 bits per heavy atom. The standard InChI is InChI=1S/C22H21N3OS/c26-22(20-10-3-1-7-17(20)15-19-9-5-14-27-19)23-12-6-13-25-21-11-4-2-8-18(21)16-24-25/h1-5,7-11,14,16H,6,12-13,15H2,(H,23,26). The first kappa shape index (κ1) is 17.5. The van der Waals surface area contributed by atoms with E-state index in [0.29, 0.717) is 6.54 Å². The van der Waals surface area contributed by atoms with Crippen LogP contribution in [0.2, 0.25) is 0 Å². The topological polar surface area (TPSA) is 46.9 Å². The molecule has 0 aliphatic carbocycles. The molecule has 0 spiro atoms. The monoisotopic (exact) mass is 375 g/mol. The zero-order chi connectivity index (χ0) is 18.5. The maximum absolute atomic E-state index is 12.6. The number of rotatable bonds is 7. The smallest absolute Gasteiger partial charge is 0.251 e. The van der Waals surface area contributed by atoms with Gasteiger partial charge < -0.3 is 5.32 Å². The van der Waals surface area contributed by atoms with Crippen molar-refractivity contribution in [3.05, 3.63) is 88.2 Å². The molecule has 4 aromatic rings. The van der Waals surface area contributed by atoms with E-state index in [1.807, 2.05) is 53.3 Å². The van der Waals surface area contributed by atoms with Crippen molar-refractivity contribution in [3.63, 3.8) is 0 Å². The van der Waals surface area contributed by atoms with Crippen molar-refractivity contribution in [1.82, 2.24) is 15.1 Å². The number of hydrogen-bond donors (Lipinski definition) is 1.